The number of anilines is 1. The molecule has 0 saturated carbocycles. The van der Waals surface area contributed by atoms with Gasteiger partial charge >= 0.3 is 5.97 Å². The van der Waals surface area contributed by atoms with Crippen LogP contribution in [0.2, 0.25) is 0 Å². The van der Waals surface area contributed by atoms with Crippen molar-refractivity contribution in [1.82, 2.24) is 4.98 Å². The summed E-state index contributed by atoms with van der Waals surface area (Å²) in [6, 6.07) is 15.3. The SMILES string of the molecule is Cc1cc(C)c(NC(=O)COC(=O)c2c3c(nc4ccccc24)/C(=C/c2ccco2)CC3)c(C)c1. The molecule has 2 aromatic heterocycles. The Labute approximate surface area is 203 Å². The molecular weight excluding hydrogens is 440 g/mol. The first kappa shape index (κ1) is 22.6. The predicted octanol–water partition coefficient (Wildman–Crippen LogP) is 6.04. The summed E-state index contributed by atoms with van der Waals surface area (Å²) in [5.74, 6) is -0.154. The number of amides is 1. The molecule has 0 fully saturated rings. The zero-order valence-electron chi connectivity index (χ0n) is 20.0. The van der Waals surface area contributed by atoms with Crippen molar-refractivity contribution in [3.63, 3.8) is 0 Å². The highest BCUT2D eigenvalue weighted by molar-refractivity contribution is 6.08. The lowest BCUT2D eigenvalue weighted by molar-refractivity contribution is -0.119. The van der Waals surface area contributed by atoms with E-state index in [4.69, 9.17) is 14.1 Å². The number of nitrogens with zero attached hydrogens (tertiary/aromatic N) is 1. The third-order valence-electron chi connectivity index (χ3n) is 6.28. The number of benzene rings is 2. The highest BCUT2D eigenvalue weighted by atomic mass is 16.5. The van der Waals surface area contributed by atoms with Crippen LogP contribution in [0.15, 0.2) is 59.2 Å². The number of allylic oxidation sites excluding steroid dienone is 1. The van der Waals surface area contributed by atoms with E-state index in [0.29, 0.717) is 17.5 Å². The molecule has 6 heteroatoms. The fraction of sp³-hybridized carbons (Fsp3) is 0.207. The summed E-state index contributed by atoms with van der Waals surface area (Å²) in [5.41, 5.74) is 7.64. The van der Waals surface area contributed by atoms with Crippen LogP contribution >= 0.6 is 0 Å². The summed E-state index contributed by atoms with van der Waals surface area (Å²) in [4.78, 5) is 30.8. The van der Waals surface area contributed by atoms with Gasteiger partial charge in [0.25, 0.3) is 5.91 Å². The average molecular weight is 467 g/mol. The number of para-hydroxylation sites is 1. The third kappa shape index (κ3) is 4.47. The molecule has 0 aliphatic heterocycles. The largest absolute Gasteiger partial charge is 0.465 e. The molecule has 4 aromatic rings. The minimum Gasteiger partial charge on any atom is -0.465 e. The Kier molecular flexibility index (Phi) is 5.95. The molecule has 0 spiro atoms. The molecule has 1 amide bonds. The van der Waals surface area contributed by atoms with Crippen LogP contribution < -0.4 is 5.32 Å². The smallest absolute Gasteiger partial charge is 0.339 e. The molecule has 0 radical (unpaired) electrons. The van der Waals surface area contributed by atoms with Crippen LogP contribution in [-0.4, -0.2) is 23.5 Å². The molecule has 0 bridgehead atoms. The highest BCUT2D eigenvalue weighted by Gasteiger charge is 2.28. The van der Waals surface area contributed by atoms with Crippen LogP contribution in [0.25, 0.3) is 22.6 Å². The zero-order valence-corrected chi connectivity index (χ0v) is 20.0. The molecule has 2 heterocycles. The maximum Gasteiger partial charge on any atom is 0.339 e. The summed E-state index contributed by atoms with van der Waals surface area (Å²) in [5, 5.41) is 3.61. The molecule has 35 heavy (non-hydrogen) atoms. The van der Waals surface area contributed by atoms with Gasteiger partial charge in [-0.1, -0.05) is 35.9 Å². The standard InChI is InChI=1S/C29H26N2O4/c1-17-13-18(2)27(19(3)14-17)31-25(32)16-35-29(33)26-22-8-4-5-9-24(22)30-28-20(10-11-23(26)28)15-21-7-6-12-34-21/h4-9,12-15H,10-11,16H2,1-3H3,(H,31,32)/b20-15+. The summed E-state index contributed by atoms with van der Waals surface area (Å²) >= 11 is 0. The maximum atomic E-state index is 13.3. The molecule has 1 aliphatic carbocycles. The number of carbonyl (C=O) groups excluding carboxylic acids is 2. The first-order valence-electron chi connectivity index (χ1n) is 11.6. The average Bonchev–Trinajstić information content (AvgIpc) is 3.49. The van der Waals surface area contributed by atoms with E-state index >= 15 is 0 Å². The van der Waals surface area contributed by atoms with Crippen LogP contribution in [-0.2, 0) is 16.0 Å². The number of pyridine rings is 1. The van der Waals surface area contributed by atoms with E-state index < -0.39 is 5.97 Å². The molecule has 0 atom stereocenters. The van der Waals surface area contributed by atoms with Crippen LogP contribution in [0.4, 0.5) is 5.69 Å². The van der Waals surface area contributed by atoms with Gasteiger partial charge in [-0.3, -0.25) is 4.79 Å². The normalized spacial score (nSPS) is 13.7. The van der Waals surface area contributed by atoms with E-state index in [2.05, 4.69) is 5.32 Å². The van der Waals surface area contributed by atoms with E-state index in [1.54, 1.807) is 6.26 Å². The quantitative estimate of drug-likeness (QED) is 0.363. The first-order chi connectivity index (χ1) is 16.9. The first-order valence-corrected chi connectivity index (χ1v) is 11.6. The Hall–Kier alpha value is -4.19. The lowest BCUT2D eigenvalue weighted by Crippen LogP contribution is -2.22. The van der Waals surface area contributed by atoms with Crippen molar-refractivity contribution in [3.8, 4) is 0 Å². The number of aromatic nitrogens is 1. The lowest BCUT2D eigenvalue weighted by atomic mass is 10.0. The fourth-order valence-corrected chi connectivity index (χ4v) is 4.81. The Bertz CT molecular complexity index is 1460. The molecule has 2 aromatic carbocycles. The van der Waals surface area contributed by atoms with Crippen molar-refractivity contribution < 1.29 is 18.7 Å². The minimum atomic E-state index is -0.522. The summed E-state index contributed by atoms with van der Waals surface area (Å²) in [6.07, 6.45) is 5.00. The number of nitrogens with one attached hydrogen (secondary N) is 1. The second-order valence-corrected chi connectivity index (χ2v) is 8.91. The number of esters is 1. The Balaban J connectivity index is 1.42. The predicted molar refractivity (Wildman–Crippen MR) is 136 cm³/mol. The van der Waals surface area contributed by atoms with Crippen molar-refractivity contribution in [2.75, 3.05) is 11.9 Å². The number of fused-ring (bicyclic) bond motifs is 2. The molecule has 1 N–H and O–H groups in total. The van der Waals surface area contributed by atoms with Crippen molar-refractivity contribution in [1.29, 1.82) is 0 Å². The second kappa shape index (κ2) is 9.22. The van der Waals surface area contributed by atoms with Gasteiger partial charge in [0.05, 0.1) is 23.0 Å². The Morgan fingerprint density at radius 1 is 1.06 bits per heavy atom. The van der Waals surface area contributed by atoms with Gasteiger partial charge < -0.3 is 14.5 Å². The molecule has 1 aliphatic rings. The maximum absolute atomic E-state index is 13.3. The van der Waals surface area contributed by atoms with Gasteiger partial charge in [0.1, 0.15) is 5.76 Å². The third-order valence-corrected chi connectivity index (χ3v) is 6.28. The van der Waals surface area contributed by atoms with Crippen LogP contribution in [0.1, 0.15) is 50.5 Å². The van der Waals surface area contributed by atoms with E-state index in [9.17, 15) is 9.59 Å². The van der Waals surface area contributed by atoms with E-state index in [1.807, 2.05) is 75.4 Å². The molecule has 6 nitrogen and oxygen atoms in total. The molecule has 0 unspecified atom stereocenters. The Morgan fingerprint density at radius 2 is 1.83 bits per heavy atom. The van der Waals surface area contributed by atoms with Gasteiger partial charge in [0.2, 0.25) is 0 Å². The highest BCUT2D eigenvalue weighted by Crippen LogP contribution is 2.37. The second-order valence-electron chi connectivity index (χ2n) is 8.91. The number of hydrogen-bond acceptors (Lipinski definition) is 5. The monoisotopic (exact) mass is 466 g/mol. The van der Waals surface area contributed by atoms with Crippen molar-refractivity contribution in [3.05, 3.63) is 94.1 Å². The summed E-state index contributed by atoms with van der Waals surface area (Å²) in [7, 11) is 0. The molecule has 0 saturated heterocycles. The van der Waals surface area contributed by atoms with Gasteiger partial charge in [-0.05, 0) is 80.2 Å². The van der Waals surface area contributed by atoms with Gasteiger partial charge in [-0.25, -0.2) is 9.78 Å². The molecule has 176 valence electrons. The van der Waals surface area contributed by atoms with Crippen LogP contribution in [0.3, 0.4) is 0 Å². The number of hydrogen-bond donors (Lipinski definition) is 1. The number of furan rings is 1. The van der Waals surface area contributed by atoms with Crippen LogP contribution in [0.5, 0.6) is 0 Å². The minimum absolute atomic E-state index is 0.369. The van der Waals surface area contributed by atoms with Crippen LogP contribution in [0, 0.1) is 20.8 Å². The van der Waals surface area contributed by atoms with Gasteiger partial charge in [-0.2, -0.15) is 0 Å². The number of rotatable bonds is 5. The molecule has 5 rings (SSSR count). The van der Waals surface area contributed by atoms with E-state index in [0.717, 1.165) is 56.8 Å². The number of aryl methyl sites for hydroxylation is 3. The number of carbonyl (C=O) groups is 2. The van der Waals surface area contributed by atoms with Crippen molar-refractivity contribution >= 4 is 40.1 Å². The van der Waals surface area contributed by atoms with Gasteiger partial charge in [0, 0.05) is 11.1 Å². The van der Waals surface area contributed by atoms with Gasteiger partial charge in [-0.15, -0.1) is 0 Å². The van der Waals surface area contributed by atoms with E-state index in [1.165, 1.54) is 0 Å². The lowest BCUT2D eigenvalue weighted by Gasteiger charge is -2.14. The summed E-state index contributed by atoms with van der Waals surface area (Å²) < 4.78 is 11.0. The summed E-state index contributed by atoms with van der Waals surface area (Å²) in [6.45, 7) is 5.54. The Morgan fingerprint density at radius 3 is 2.57 bits per heavy atom. The van der Waals surface area contributed by atoms with E-state index in [-0.39, 0.29) is 12.5 Å². The zero-order chi connectivity index (χ0) is 24.5. The molecular formula is C29H26N2O4. The van der Waals surface area contributed by atoms with Crippen molar-refractivity contribution in [2.24, 2.45) is 0 Å². The van der Waals surface area contributed by atoms with Gasteiger partial charge in [0.15, 0.2) is 6.61 Å². The van der Waals surface area contributed by atoms with Crippen molar-refractivity contribution in [2.45, 2.75) is 33.6 Å². The fourth-order valence-electron chi connectivity index (χ4n) is 4.81. The number of ether oxygens (including phenoxy) is 1. The topological polar surface area (TPSA) is 81.4 Å².